The van der Waals surface area contributed by atoms with Crippen molar-refractivity contribution in [3.8, 4) is 11.5 Å². The van der Waals surface area contributed by atoms with Crippen LogP contribution in [0.2, 0.25) is 32.7 Å². The molecule has 0 aromatic heterocycles. The van der Waals surface area contributed by atoms with Crippen LogP contribution in [0.15, 0.2) is 41.1 Å². The van der Waals surface area contributed by atoms with Crippen molar-refractivity contribution in [2.75, 3.05) is 13.9 Å². The van der Waals surface area contributed by atoms with Gasteiger partial charge in [0.2, 0.25) is 0 Å². The van der Waals surface area contributed by atoms with Crippen molar-refractivity contribution in [3.63, 3.8) is 0 Å². The Morgan fingerprint density at radius 3 is 2.22 bits per heavy atom. The van der Waals surface area contributed by atoms with Crippen LogP contribution in [0.25, 0.3) is 0 Å². The maximum Gasteiger partial charge on any atom is 0.147 e. The van der Waals surface area contributed by atoms with Gasteiger partial charge < -0.3 is 9.47 Å². The zero-order chi connectivity index (χ0) is 20.3. The molecule has 1 aromatic carbocycles. The van der Waals surface area contributed by atoms with Gasteiger partial charge >= 0.3 is 0 Å². The van der Waals surface area contributed by atoms with Crippen molar-refractivity contribution in [2.24, 2.45) is 5.41 Å². The van der Waals surface area contributed by atoms with Crippen LogP contribution < -0.4 is 5.19 Å². The van der Waals surface area contributed by atoms with Crippen LogP contribution >= 0.6 is 0 Å². The lowest BCUT2D eigenvalue weighted by Gasteiger charge is -2.23. The lowest BCUT2D eigenvalue weighted by atomic mass is 10.0. The van der Waals surface area contributed by atoms with Crippen molar-refractivity contribution in [1.29, 1.82) is 0 Å². The molecule has 148 valence electrons. The highest BCUT2D eigenvalue weighted by molar-refractivity contribution is 6.97. The molecule has 0 saturated carbocycles. The molecule has 0 amide bonds. The first kappa shape index (κ1) is 22.2. The molecule has 1 unspecified atom stereocenters. The molecule has 2 rings (SSSR count). The lowest BCUT2D eigenvalue weighted by molar-refractivity contribution is -0.0611. The van der Waals surface area contributed by atoms with Crippen LogP contribution in [0.5, 0.6) is 0 Å². The molecule has 0 aliphatic heterocycles. The van der Waals surface area contributed by atoms with Crippen molar-refractivity contribution in [1.82, 2.24) is 0 Å². The highest BCUT2D eigenvalue weighted by Gasteiger charge is 2.55. The van der Waals surface area contributed by atoms with Crippen molar-refractivity contribution >= 4 is 21.3 Å². The average molecular weight is 401 g/mol. The first-order chi connectivity index (χ1) is 12.5. The van der Waals surface area contributed by atoms with Gasteiger partial charge in [0.25, 0.3) is 0 Å². The molecule has 0 bridgehead atoms. The Kier molecular flexibility index (Phi) is 6.97. The molecule has 0 saturated heterocycles. The van der Waals surface area contributed by atoms with Gasteiger partial charge in [-0.05, 0) is 12.0 Å². The molecule has 0 fully saturated rings. The van der Waals surface area contributed by atoms with Crippen LogP contribution in [-0.2, 0) is 9.47 Å². The van der Waals surface area contributed by atoms with E-state index in [-0.39, 0.29) is 11.5 Å². The Bertz CT molecular complexity index is 731. The third-order valence-electron chi connectivity index (χ3n) is 5.33. The van der Waals surface area contributed by atoms with E-state index in [0.717, 1.165) is 12.8 Å². The predicted octanol–water partition coefficient (Wildman–Crippen LogP) is 5.13. The van der Waals surface area contributed by atoms with Gasteiger partial charge in [0.1, 0.15) is 22.9 Å². The van der Waals surface area contributed by atoms with Gasteiger partial charge in [-0.3, -0.25) is 0 Å². The molecule has 4 heteroatoms. The minimum Gasteiger partial charge on any atom is -0.359 e. The molecule has 1 aliphatic rings. The fraction of sp³-hybridized carbons (Fsp3) is 0.565. The van der Waals surface area contributed by atoms with E-state index in [0.29, 0.717) is 6.79 Å². The fourth-order valence-corrected chi connectivity index (χ4v) is 8.92. The summed E-state index contributed by atoms with van der Waals surface area (Å²) in [6, 6.07) is 11.0. The number of hydrogen-bond acceptors (Lipinski definition) is 2. The smallest absolute Gasteiger partial charge is 0.147 e. The van der Waals surface area contributed by atoms with Crippen LogP contribution in [0.4, 0.5) is 0 Å². The molecule has 1 atom stereocenters. The molecular weight excluding hydrogens is 364 g/mol. The number of allylic oxidation sites excluding steroid dienone is 1. The van der Waals surface area contributed by atoms with E-state index in [1.165, 1.54) is 10.8 Å². The van der Waals surface area contributed by atoms with E-state index >= 15 is 0 Å². The van der Waals surface area contributed by atoms with E-state index in [9.17, 15) is 0 Å². The quantitative estimate of drug-likeness (QED) is 0.342. The molecule has 0 spiro atoms. The highest BCUT2D eigenvalue weighted by Crippen LogP contribution is 2.58. The monoisotopic (exact) mass is 400 g/mol. The summed E-state index contributed by atoms with van der Waals surface area (Å²) in [5.74, 6) is 3.41. The first-order valence-electron chi connectivity index (χ1n) is 9.93. The minimum absolute atomic E-state index is 0.112. The Hall–Kier alpha value is -1.13. The Labute approximate surface area is 168 Å². The zero-order valence-corrected chi connectivity index (χ0v) is 20.4. The first-order valence-corrected chi connectivity index (χ1v) is 16.4. The summed E-state index contributed by atoms with van der Waals surface area (Å²) < 4.78 is 11.4. The van der Waals surface area contributed by atoms with E-state index in [2.05, 4.69) is 88.4 Å². The summed E-state index contributed by atoms with van der Waals surface area (Å²) in [5, 5.41) is 3.13. The van der Waals surface area contributed by atoms with Gasteiger partial charge in [-0.1, -0.05) is 87.3 Å². The Morgan fingerprint density at radius 1 is 1.04 bits per heavy atom. The normalized spacial score (nSPS) is 17.3. The molecule has 1 aliphatic carbocycles. The second kappa shape index (κ2) is 8.49. The third-order valence-corrected chi connectivity index (χ3v) is 10.2. The van der Waals surface area contributed by atoms with Gasteiger partial charge in [-0.15, -0.1) is 11.5 Å². The summed E-state index contributed by atoms with van der Waals surface area (Å²) in [5.41, 5.74) is 5.12. The van der Waals surface area contributed by atoms with Crippen LogP contribution in [0.1, 0.15) is 26.7 Å². The maximum absolute atomic E-state index is 6.13. The van der Waals surface area contributed by atoms with Gasteiger partial charge in [0, 0.05) is 18.9 Å². The maximum atomic E-state index is 6.13. The standard InChI is InChI=1S/C23H36O2Si2/c1-23(2)21(22(23)27(7,8)19-14-10-9-11-15-19)20(25-18-24-3)16-12-13-17-26(4,5)6/h9-11,14-15,20H,12,16,18H2,1-8H3. The second-order valence-corrected chi connectivity index (χ2v) is 18.6. The SMILES string of the molecule is COCOC(CCC#C[Si](C)(C)C)C1=C([Si](C)(C)c2ccccc2)C1(C)C. The van der Waals surface area contributed by atoms with E-state index in [4.69, 9.17) is 9.47 Å². The topological polar surface area (TPSA) is 18.5 Å². The molecule has 2 nitrogen and oxygen atoms in total. The summed E-state index contributed by atoms with van der Waals surface area (Å²) >= 11 is 0. The second-order valence-electron chi connectivity index (χ2n) is 9.56. The van der Waals surface area contributed by atoms with Gasteiger partial charge in [-0.25, -0.2) is 0 Å². The number of rotatable bonds is 8. The van der Waals surface area contributed by atoms with E-state index < -0.39 is 16.1 Å². The van der Waals surface area contributed by atoms with Gasteiger partial charge in [-0.2, -0.15) is 0 Å². The molecule has 0 radical (unpaired) electrons. The summed E-state index contributed by atoms with van der Waals surface area (Å²) in [6.45, 7) is 16.8. The van der Waals surface area contributed by atoms with Crippen LogP contribution in [0.3, 0.4) is 0 Å². The number of hydrogen-bond donors (Lipinski definition) is 0. The van der Waals surface area contributed by atoms with Crippen LogP contribution in [-0.4, -0.2) is 36.2 Å². The fourth-order valence-electron chi connectivity index (χ4n) is 4.17. The Morgan fingerprint density at radius 2 is 1.67 bits per heavy atom. The van der Waals surface area contributed by atoms with Crippen LogP contribution in [0, 0.1) is 16.9 Å². The summed E-state index contributed by atoms with van der Waals surface area (Å²) in [4.78, 5) is 0. The molecule has 0 heterocycles. The summed E-state index contributed by atoms with van der Waals surface area (Å²) in [6.07, 6.45) is 1.95. The largest absolute Gasteiger partial charge is 0.359 e. The number of benzene rings is 1. The molecule has 27 heavy (non-hydrogen) atoms. The number of ether oxygens (including phenoxy) is 2. The minimum atomic E-state index is -1.69. The number of methoxy groups -OCH3 is 1. The van der Waals surface area contributed by atoms with Crippen molar-refractivity contribution in [3.05, 3.63) is 41.1 Å². The van der Waals surface area contributed by atoms with E-state index in [1.807, 2.05) is 0 Å². The predicted molar refractivity (Wildman–Crippen MR) is 121 cm³/mol. The summed E-state index contributed by atoms with van der Waals surface area (Å²) in [7, 11) is -1.32. The van der Waals surface area contributed by atoms with Gasteiger partial charge in [0.05, 0.1) is 6.10 Å². The molecular formula is C23H36O2Si2. The highest BCUT2D eigenvalue weighted by atomic mass is 28.3. The lowest BCUT2D eigenvalue weighted by Crippen LogP contribution is -2.42. The average Bonchev–Trinajstić information content (AvgIpc) is 3.17. The van der Waals surface area contributed by atoms with Gasteiger partial charge in [0.15, 0.2) is 0 Å². The van der Waals surface area contributed by atoms with E-state index in [1.54, 1.807) is 12.3 Å². The van der Waals surface area contributed by atoms with Crippen molar-refractivity contribution < 1.29 is 9.47 Å². The third kappa shape index (κ3) is 5.45. The van der Waals surface area contributed by atoms with Crippen molar-refractivity contribution in [2.45, 2.75) is 65.5 Å². The Balaban J connectivity index is 2.25. The zero-order valence-electron chi connectivity index (χ0n) is 18.4. The molecule has 0 N–H and O–H groups in total. The molecule has 1 aromatic rings.